The monoisotopic (exact) mass is 252 g/mol. The highest BCUT2D eigenvalue weighted by molar-refractivity contribution is 7.80. The Morgan fingerprint density at radius 3 is 2.59 bits per heavy atom. The lowest BCUT2D eigenvalue weighted by molar-refractivity contribution is 0.729. The summed E-state index contributed by atoms with van der Waals surface area (Å²) < 4.78 is 0. The molecule has 0 spiro atoms. The van der Waals surface area contributed by atoms with E-state index in [1.807, 2.05) is 20.0 Å². The third-order valence-corrected chi connectivity index (χ3v) is 3.09. The van der Waals surface area contributed by atoms with Crippen LogP contribution < -0.4 is 10.6 Å². The van der Waals surface area contributed by atoms with Gasteiger partial charge >= 0.3 is 0 Å². The second-order valence-electron chi connectivity index (χ2n) is 4.64. The molecule has 0 radical (unpaired) electrons. The van der Waals surface area contributed by atoms with Crippen LogP contribution in [-0.2, 0) is 0 Å². The highest BCUT2D eigenvalue weighted by Gasteiger charge is 2.11. The Morgan fingerprint density at radius 2 is 2.06 bits per heavy atom. The maximum atomic E-state index is 5.61. The van der Waals surface area contributed by atoms with Crippen LogP contribution in [0.1, 0.15) is 32.4 Å². The van der Waals surface area contributed by atoms with Crippen molar-refractivity contribution in [1.82, 2.24) is 9.97 Å². The molecule has 0 fully saturated rings. The molecule has 4 nitrogen and oxygen atoms in total. The lowest BCUT2D eigenvalue weighted by Gasteiger charge is -2.22. The molecular formula is C12H20N4S. The molecule has 0 saturated heterocycles. The van der Waals surface area contributed by atoms with Gasteiger partial charge in [-0.25, -0.2) is 9.97 Å². The molecule has 0 saturated carbocycles. The minimum atomic E-state index is 0.174. The van der Waals surface area contributed by atoms with E-state index in [4.69, 9.17) is 18.0 Å². The largest absolute Gasteiger partial charge is 0.393 e. The lowest BCUT2D eigenvalue weighted by Crippen LogP contribution is -2.31. The fourth-order valence-corrected chi connectivity index (χ4v) is 1.55. The Bertz CT molecular complexity index is 392. The molecule has 1 rings (SSSR count). The molecule has 1 unspecified atom stereocenters. The van der Waals surface area contributed by atoms with Crippen LogP contribution in [0.15, 0.2) is 12.4 Å². The van der Waals surface area contributed by atoms with Crippen molar-refractivity contribution >= 4 is 23.0 Å². The van der Waals surface area contributed by atoms with E-state index in [2.05, 4.69) is 28.7 Å². The summed E-state index contributed by atoms with van der Waals surface area (Å²) in [6.45, 7) is 7.01. The highest BCUT2D eigenvalue weighted by atomic mass is 32.1. The fourth-order valence-electron chi connectivity index (χ4n) is 1.48. The second kappa shape index (κ2) is 5.91. The summed E-state index contributed by atoms with van der Waals surface area (Å²) in [5.41, 5.74) is 6.66. The van der Waals surface area contributed by atoms with Gasteiger partial charge in [0.05, 0.1) is 4.99 Å². The average molecular weight is 252 g/mol. The van der Waals surface area contributed by atoms with Gasteiger partial charge in [-0.2, -0.15) is 0 Å². The minimum absolute atomic E-state index is 0.174. The Morgan fingerprint density at radius 1 is 1.41 bits per heavy atom. The zero-order chi connectivity index (χ0) is 13.0. The van der Waals surface area contributed by atoms with Gasteiger partial charge in [-0.1, -0.05) is 33.0 Å². The number of nitrogens with zero attached hydrogens (tertiary/aromatic N) is 3. The molecule has 0 aromatic carbocycles. The zero-order valence-corrected chi connectivity index (χ0v) is 11.7. The van der Waals surface area contributed by atoms with Gasteiger partial charge < -0.3 is 10.6 Å². The van der Waals surface area contributed by atoms with Gasteiger partial charge in [-0.05, 0) is 5.92 Å². The summed E-state index contributed by atoms with van der Waals surface area (Å²) in [4.78, 5) is 11.1. The molecule has 1 atom stereocenters. The van der Waals surface area contributed by atoms with Crippen molar-refractivity contribution in [3.63, 3.8) is 0 Å². The molecular weight excluding hydrogens is 232 g/mol. The molecule has 17 heavy (non-hydrogen) atoms. The first-order valence-corrected chi connectivity index (χ1v) is 6.15. The van der Waals surface area contributed by atoms with E-state index < -0.39 is 0 Å². The average Bonchev–Trinajstić information content (AvgIpc) is 2.28. The van der Waals surface area contributed by atoms with Crippen LogP contribution in [0.5, 0.6) is 0 Å². The summed E-state index contributed by atoms with van der Waals surface area (Å²) in [6.07, 6.45) is 1.60. The fraction of sp³-hybridized carbons (Fsp3) is 0.583. The van der Waals surface area contributed by atoms with Crippen molar-refractivity contribution in [3.05, 3.63) is 18.1 Å². The summed E-state index contributed by atoms with van der Waals surface area (Å²) in [5.74, 6) is 1.48. The lowest BCUT2D eigenvalue weighted by atomic mass is 10.1. The second-order valence-corrected chi connectivity index (χ2v) is 5.11. The van der Waals surface area contributed by atoms with Gasteiger partial charge in [0, 0.05) is 31.3 Å². The predicted octanol–water partition coefficient (Wildman–Crippen LogP) is 1.96. The van der Waals surface area contributed by atoms with Gasteiger partial charge in [0.2, 0.25) is 0 Å². The molecule has 5 heteroatoms. The van der Waals surface area contributed by atoms with E-state index in [1.165, 1.54) is 0 Å². The molecule has 2 N–H and O–H groups in total. The first-order chi connectivity index (χ1) is 7.91. The topological polar surface area (TPSA) is 55.0 Å². The Kier molecular flexibility index (Phi) is 4.81. The van der Waals surface area contributed by atoms with Crippen LogP contribution in [0.3, 0.4) is 0 Å². The number of hydrogen-bond donors (Lipinski definition) is 1. The van der Waals surface area contributed by atoms with Gasteiger partial charge in [0.1, 0.15) is 12.1 Å². The summed E-state index contributed by atoms with van der Waals surface area (Å²) in [5, 5.41) is 0. The van der Waals surface area contributed by atoms with Crippen LogP contribution in [0, 0.1) is 5.92 Å². The van der Waals surface area contributed by atoms with Crippen molar-refractivity contribution in [2.24, 2.45) is 11.7 Å². The molecule has 0 amide bonds. The first kappa shape index (κ1) is 13.8. The van der Waals surface area contributed by atoms with Crippen LogP contribution >= 0.6 is 12.2 Å². The number of aromatic nitrogens is 2. The number of anilines is 1. The van der Waals surface area contributed by atoms with Gasteiger partial charge in [-0.3, -0.25) is 0 Å². The van der Waals surface area contributed by atoms with E-state index in [0.717, 1.165) is 18.1 Å². The first-order valence-electron chi connectivity index (χ1n) is 5.74. The Hall–Kier alpha value is -1.23. The maximum absolute atomic E-state index is 5.61. The van der Waals surface area contributed by atoms with Crippen LogP contribution in [-0.4, -0.2) is 28.5 Å². The molecule has 0 bridgehead atoms. The van der Waals surface area contributed by atoms with Crippen molar-refractivity contribution in [2.75, 3.05) is 18.5 Å². The van der Waals surface area contributed by atoms with E-state index in [9.17, 15) is 0 Å². The normalized spacial score (nSPS) is 12.5. The highest BCUT2D eigenvalue weighted by Crippen LogP contribution is 2.16. The summed E-state index contributed by atoms with van der Waals surface area (Å²) in [6, 6.07) is 2.01. The van der Waals surface area contributed by atoms with Gasteiger partial charge in [-0.15, -0.1) is 0 Å². The van der Waals surface area contributed by atoms with Crippen LogP contribution in [0.25, 0.3) is 0 Å². The van der Waals surface area contributed by atoms with Gasteiger partial charge in [0.15, 0.2) is 0 Å². The van der Waals surface area contributed by atoms with Crippen LogP contribution in [0.2, 0.25) is 0 Å². The van der Waals surface area contributed by atoms with Crippen molar-refractivity contribution in [1.29, 1.82) is 0 Å². The molecule has 0 aliphatic heterocycles. The van der Waals surface area contributed by atoms with Crippen molar-refractivity contribution < 1.29 is 0 Å². The minimum Gasteiger partial charge on any atom is -0.393 e. The van der Waals surface area contributed by atoms with Gasteiger partial charge in [0.25, 0.3) is 0 Å². The van der Waals surface area contributed by atoms with E-state index in [0.29, 0.717) is 10.9 Å². The summed E-state index contributed by atoms with van der Waals surface area (Å²) >= 11 is 4.97. The van der Waals surface area contributed by atoms with Crippen LogP contribution in [0.4, 0.5) is 5.82 Å². The van der Waals surface area contributed by atoms with Crippen molar-refractivity contribution in [2.45, 2.75) is 26.7 Å². The quantitative estimate of drug-likeness (QED) is 0.812. The third-order valence-electron chi connectivity index (χ3n) is 2.69. The van der Waals surface area contributed by atoms with E-state index in [-0.39, 0.29) is 5.92 Å². The molecule has 1 aromatic heterocycles. The molecule has 0 aliphatic rings. The summed E-state index contributed by atoms with van der Waals surface area (Å²) in [7, 11) is 1.99. The van der Waals surface area contributed by atoms with Crippen molar-refractivity contribution in [3.8, 4) is 0 Å². The smallest absolute Gasteiger partial charge is 0.131 e. The SMILES string of the molecule is CC(CN(C)c1cc(C(C)C)ncn1)C(N)=S. The zero-order valence-electron chi connectivity index (χ0n) is 10.8. The Labute approximate surface area is 108 Å². The number of rotatable bonds is 5. The molecule has 1 aromatic rings. The number of nitrogens with two attached hydrogens (primary N) is 1. The van der Waals surface area contributed by atoms with E-state index in [1.54, 1.807) is 6.33 Å². The number of hydrogen-bond acceptors (Lipinski definition) is 4. The number of thiocarbonyl (C=S) groups is 1. The Balaban J connectivity index is 2.78. The third kappa shape index (κ3) is 3.93. The molecule has 94 valence electrons. The standard InChI is InChI=1S/C12H20N4S/c1-8(2)10-5-11(15-7-14-10)16(4)6-9(3)12(13)17/h5,7-9H,6H2,1-4H3,(H2,13,17). The van der Waals surface area contributed by atoms with E-state index >= 15 is 0 Å². The molecule has 0 aliphatic carbocycles. The maximum Gasteiger partial charge on any atom is 0.131 e. The molecule has 1 heterocycles. The predicted molar refractivity (Wildman–Crippen MR) is 75.3 cm³/mol.